The first-order valence-electron chi connectivity index (χ1n) is 12.2. The van der Waals surface area contributed by atoms with E-state index in [1.54, 1.807) is 6.20 Å². The first-order chi connectivity index (χ1) is 18.2. The van der Waals surface area contributed by atoms with Gasteiger partial charge in [-0.1, -0.05) is 32.0 Å². The van der Waals surface area contributed by atoms with E-state index in [9.17, 15) is 19.5 Å². The number of amides is 2. The van der Waals surface area contributed by atoms with Crippen LogP contribution in [-0.2, 0) is 25.7 Å². The van der Waals surface area contributed by atoms with E-state index in [0.29, 0.717) is 24.1 Å². The Morgan fingerprint density at radius 3 is 2.47 bits per heavy atom. The molecule has 2 heterocycles. The molecule has 10 heteroatoms. The van der Waals surface area contributed by atoms with Gasteiger partial charge in [0, 0.05) is 22.7 Å². The topological polar surface area (TPSA) is 142 Å². The third kappa shape index (κ3) is 5.08. The number of aromatic nitrogens is 1. The average molecular weight is 522 g/mol. The van der Waals surface area contributed by atoms with Crippen LogP contribution in [0, 0.1) is 5.92 Å². The van der Waals surface area contributed by atoms with Crippen molar-refractivity contribution >= 4 is 39.8 Å². The quantitative estimate of drug-likeness (QED) is 0.273. The number of nitrogens with two attached hydrogens (primary N) is 1. The number of carbonyl (C=O) groups is 3. The van der Waals surface area contributed by atoms with E-state index in [-0.39, 0.29) is 40.9 Å². The highest BCUT2D eigenvalue weighted by atomic mass is 16.5. The van der Waals surface area contributed by atoms with E-state index < -0.39 is 23.8 Å². The number of para-hydroxylation sites is 1. The number of phenolic OH excluding ortho intramolecular Hbond substituents is 1. The lowest BCUT2D eigenvalue weighted by Gasteiger charge is -2.13. The van der Waals surface area contributed by atoms with Gasteiger partial charge in [0.1, 0.15) is 12.6 Å². The number of hydrogen-bond acceptors (Lipinski definition) is 8. The Kier molecular flexibility index (Phi) is 7.72. The number of hydrogen-bond donors (Lipinski definition) is 3. The number of aromatic hydroxyl groups is 1. The molecular formula is C28H31N3O7. The Morgan fingerprint density at radius 2 is 1.79 bits per heavy atom. The number of rotatable bonds is 10. The van der Waals surface area contributed by atoms with Gasteiger partial charge in [0.15, 0.2) is 11.5 Å². The number of phenols is 1. The molecule has 0 aliphatic carbocycles. The fraction of sp³-hybridized carbons (Fsp3) is 0.321. The number of esters is 1. The highest BCUT2D eigenvalue weighted by Gasteiger charge is 2.35. The molecule has 0 saturated heterocycles. The molecule has 0 fully saturated rings. The van der Waals surface area contributed by atoms with Crippen molar-refractivity contribution in [3.8, 4) is 17.2 Å². The van der Waals surface area contributed by atoms with E-state index in [1.165, 1.54) is 26.4 Å². The highest BCUT2D eigenvalue weighted by Crippen LogP contribution is 2.42. The van der Waals surface area contributed by atoms with Crippen LogP contribution >= 0.6 is 0 Å². The van der Waals surface area contributed by atoms with Gasteiger partial charge in [-0.05, 0) is 36.1 Å². The van der Waals surface area contributed by atoms with Gasteiger partial charge in [-0.2, -0.15) is 0 Å². The average Bonchev–Trinajstić information content (AvgIpc) is 3.38. The van der Waals surface area contributed by atoms with Crippen molar-refractivity contribution in [1.82, 2.24) is 9.88 Å². The minimum Gasteiger partial charge on any atom is -0.504 e. The van der Waals surface area contributed by atoms with E-state index in [1.807, 2.05) is 42.7 Å². The molecular weight excluding hydrogens is 490 g/mol. The van der Waals surface area contributed by atoms with E-state index in [0.717, 1.165) is 10.9 Å². The van der Waals surface area contributed by atoms with Crippen molar-refractivity contribution < 1.29 is 33.7 Å². The number of fused-ring (bicyclic) bond motifs is 1. The Hall–Kier alpha value is -4.31. The van der Waals surface area contributed by atoms with Crippen molar-refractivity contribution in [2.24, 2.45) is 11.7 Å². The summed E-state index contributed by atoms with van der Waals surface area (Å²) in [6, 6.07) is 9.61. The van der Waals surface area contributed by atoms with Gasteiger partial charge in [0.25, 0.3) is 11.8 Å². The molecule has 0 bridgehead atoms. The normalized spacial score (nSPS) is 14.3. The second-order valence-corrected chi connectivity index (χ2v) is 9.42. The van der Waals surface area contributed by atoms with Crippen LogP contribution < -0.4 is 20.5 Å². The van der Waals surface area contributed by atoms with E-state index in [2.05, 4.69) is 5.32 Å². The minimum atomic E-state index is -0.689. The molecule has 0 saturated carbocycles. The van der Waals surface area contributed by atoms with Crippen molar-refractivity contribution in [3.05, 3.63) is 53.7 Å². The van der Waals surface area contributed by atoms with Gasteiger partial charge in [-0.25, -0.2) is 0 Å². The molecule has 1 aliphatic heterocycles. The minimum absolute atomic E-state index is 0.0866. The molecule has 4 rings (SSSR count). The van der Waals surface area contributed by atoms with Gasteiger partial charge in [-0.3, -0.25) is 19.7 Å². The maximum absolute atomic E-state index is 13.0. The van der Waals surface area contributed by atoms with Gasteiger partial charge in [0.05, 0.1) is 31.9 Å². The largest absolute Gasteiger partial charge is 0.504 e. The van der Waals surface area contributed by atoms with Crippen molar-refractivity contribution in [2.75, 3.05) is 20.8 Å². The third-order valence-corrected chi connectivity index (χ3v) is 6.34. The molecule has 1 aliphatic rings. The summed E-state index contributed by atoms with van der Waals surface area (Å²) in [5.41, 5.74) is 7.79. The summed E-state index contributed by atoms with van der Waals surface area (Å²) in [6.45, 7) is 4.37. The van der Waals surface area contributed by atoms with Crippen LogP contribution in [0.1, 0.15) is 31.4 Å². The fourth-order valence-corrected chi connectivity index (χ4v) is 4.66. The zero-order valence-corrected chi connectivity index (χ0v) is 21.7. The molecule has 10 nitrogen and oxygen atoms in total. The van der Waals surface area contributed by atoms with Crippen molar-refractivity contribution in [1.29, 1.82) is 0 Å². The Bertz CT molecular complexity index is 1440. The predicted molar refractivity (Wildman–Crippen MR) is 142 cm³/mol. The van der Waals surface area contributed by atoms with Gasteiger partial charge < -0.3 is 29.6 Å². The van der Waals surface area contributed by atoms with Crippen molar-refractivity contribution in [2.45, 2.75) is 32.9 Å². The summed E-state index contributed by atoms with van der Waals surface area (Å²) < 4.78 is 17.8. The standard InChI is InChI=1S/C28H31N3O7/c1-15(2)11-19(29)28(35)38-10-9-31-14-18(17-7-5-6-8-20(17)31)24-23(26(33)30-27(24)34)16-12-21(32)25(37-4)22(13-16)36-3/h5-8,12-15,19,32H,9-11,29H2,1-4H3,(H,30,33,34). The fourth-order valence-electron chi connectivity index (χ4n) is 4.66. The summed E-state index contributed by atoms with van der Waals surface area (Å²) in [5, 5.41) is 13.6. The van der Waals surface area contributed by atoms with Crippen LogP contribution in [0.4, 0.5) is 0 Å². The first kappa shape index (κ1) is 26.7. The first-order valence-corrected chi connectivity index (χ1v) is 12.2. The highest BCUT2D eigenvalue weighted by molar-refractivity contribution is 6.50. The number of ether oxygens (including phenoxy) is 3. The van der Waals surface area contributed by atoms with Crippen LogP contribution in [-0.4, -0.2) is 54.3 Å². The number of nitrogens with one attached hydrogen (secondary N) is 1. The lowest BCUT2D eigenvalue weighted by Crippen LogP contribution is -2.34. The van der Waals surface area contributed by atoms with Crippen LogP contribution in [0.5, 0.6) is 17.2 Å². The summed E-state index contributed by atoms with van der Waals surface area (Å²) in [6.07, 6.45) is 2.28. The second-order valence-electron chi connectivity index (χ2n) is 9.42. The summed E-state index contributed by atoms with van der Waals surface area (Å²) >= 11 is 0. The number of benzene rings is 2. The molecule has 200 valence electrons. The van der Waals surface area contributed by atoms with Gasteiger partial charge in [0.2, 0.25) is 5.75 Å². The van der Waals surface area contributed by atoms with Crippen LogP contribution in [0.25, 0.3) is 22.0 Å². The smallest absolute Gasteiger partial charge is 0.322 e. The molecule has 4 N–H and O–H groups in total. The molecule has 3 aromatic rings. The molecule has 0 spiro atoms. The molecule has 1 unspecified atom stereocenters. The molecule has 0 radical (unpaired) electrons. The second kappa shape index (κ2) is 11.0. The van der Waals surface area contributed by atoms with E-state index in [4.69, 9.17) is 19.9 Å². The zero-order chi connectivity index (χ0) is 27.6. The van der Waals surface area contributed by atoms with E-state index >= 15 is 0 Å². The van der Waals surface area contributed by atoms with Crippen LogP contribution in [0.3, 0.4) is 0 Å². The SMILES string of the molecule is COc1cc(C2=C(c3cn(CCOC(=O)C(N)CC(C)C)c4ccccc34)C(=O)NC2=O)cc(O)c1OC. The molecule has 2 amide bonds. The molecule has 1 atom stereocenters. The Morgan fingerprint density at radius 1 is 1.08 bits per heavy atom. The molecule has 1 aromatic heterocycles. The maximum atomic E-state index is 13.0. The van der Waals surface area contributed by atoms with Crippen molar-refractivity contribution in [3.63, 3.8) is 0 Å². The predicted octanol–water partition coefficient (Wildman–Crippen LogP) is 2.85. The number of carbonyl (C=O) groups excluding carboxylic acids is 3. The van der Waals surface area contributed by atoms with Gasteiger partial charge in [-0.15, -0.1) is 0 Å². The monoisotopic (exact) mass is 521 g/mol. The lowest BCUT2D eigenvalue weighted by molar-refractivity contribution is -0.145. The zero-order valence-electron chi connectivity index (χ0n) is 21.7. The maximum Gasteiger partial charge on any atom is 0.322 e. The number of imide groups is 1. The molecule has 38 heavy (non-hydrogen) atoms. The van der Waals surface area contributed by atoms with Crippen LogP contribution in [0.15, 0.2) is 42.6 Å². The third-order valence-electron chi connectivity index (χ3n) is 6.34. The Labute approximate surface area is 220 Å². The Balaban J connectivity index is 1.74. The van der Waals surface area contributed by atoms with Crippen LogP contribution in [0.2, 0.25) is 0 Å². The summed E-state index contributed by atoms with van der Waals surface area (Å²) in [4.78, 5) is 38.3. The lowest BCUT2D eigenvalue weighted by atomic mass is 9.95. The summed E-state index contributed by atoms with van der Waals surface area (Å²) in [7, 11) is 2.80. The number of nitrogens with zero attached hydrogens (tertiary/aromatic N) is 1. The molecule has 2 aromatic carbocycles. The van der Waals surface area contributed by atoms with Gasteiger partial charge >= 0.3 is 5.97 Å². The summed E-state index contributed by atoms with van der Waals surface area (Å²) in [5.74, 6) is -1.27. The number of methoxy groups -OCH3 is 2.